The molecule has 0 radical (unpaired) electrons. The molecule has 0 heterocycles. The summed E-state index contributed by atoms with van der Waals surface area (Å²) >= 11 is 0. The van der Waals surface area contributed by atoms with Gasteiger partial charge in [0, 0.05) is 7.11 Å². The Bertz CT molecular complexity index is 551. The van der Waals surface area contributed by atoms with Gasteiger partial charge in [-0.1, -0.05) is 19.8 Å². The molecule has 4 aliphatic rings. The molecule has 0 amide bonds. The fraction of sp³-hybridized carbons (Fsp3) is 0.909. The summed E-state index contributed by atoms with van der Waals surface area (Å²) in [7, 11) is 1.91. The summed E-state index contributed by atoms with van der Waals surface area (Å²) in [5.41, 5.74) is -0.0550. The fourth-order valence-corrected chi connectivity index (χ4v) is 7.72. The average molecular weight is 331 g/mol. The summed E-state index contributed by atoms with van der Waals surface area (Å²) in [6.45, 7) is 5.03. The number of ether oxygens (including phenoxy) is 1. The molecule has 1 N–H and O–H groups in total. The lowest BCUT2D eigenvalue weighted by Gasteiger charge is -2.61. The van der Waals surface area contributed by atoms with Crippen molar-refractivity contribution in [1.82, 2.24) is 0 Å². The molecule has 8 atom stereocenters. The highest BCUT2D eigenvalue weighted by Crippen LogP contribution is 2.67. The molecule has 134 valence electrons. The van der Waals surface area contributed by atoms with Crippen LogP contribution >= 0.6 is 0 Å². The van der Waals surface area contributed by atoms with Crippen molar-refractivity contribution in [1.29, 1.82) is 0 Å². The number of fused-ring (bicyclic) bond motifs is 5. The van der Waals surface area contributed by atoms with Crippen LogP contribution in [0.1, 0.15) is 71.6 Å². The summed E-state index contributed by atoms with van der Waals surface area (Å²) in [5, 5.41) is 10.6. The first-order chi connectivity index (χ1) is 11.4. The van der Waals surface area contributed by atoms with Gasteiger partial charge in [-0.05, 0) is 92.3 Å². The zero-order valence-electron chi connectivity index (χ0n) is 15.7. The van der Waals surface area contributed by atoms with Crippen molar-refractivity contribution < 1.29 is 9.84 Å². The van der Waals surface area contributed by atoms with E-state index in [1.165, 1.54) is 38.5 Å². The largest absolute Gasteiger partial charge is 0.381 e. The predicted molar refractivity (Wildman–Crippen MR) is 96.3 cm³/mol. The molecule has 0 aromatic carbocycles. The van der Waals surface area contributed by atoms with Crippen molar-refractivity contribution in [2.45, 2.75) is 83.3 Å². The van der Waals surface area contributed by atoms with E-state index in [1.807, 2.05) is 7.11 Å². The van der Waals surface area contributed by atoms with Crippen LogP contribution < -0.4 is 0 Å². The molecule has 4 saturated carbocycles. The highest BCUT2D eigenvalue weighted by atomic mass is 16.5. The third-order valence-corrected chi connectivity index (χ3v) is 9.19. The van der Waals surface area contributed by atoms with Crippen LogP contribution in [0.4, 0.5) is 0 Å². The van der Waals surface area contributed by atoms with Gasteiger partial charge in [0.05, 0.1) is 6.10 Å². The van der Waals surface area contributed by atoms with E-state index in [4.69, 9.17) is 11.2 Å². The number of hydrogen-bond donors (Lipinski definition) is 1. The quantitative estimate of drug-likeness (QED) is 0.722. The third kappa shape index (κ3) is 2.17. The Morgan fingerprint density at radius 2 is 1.71 bits per heavy atom. The molecule has 0 unspecified atom stereocenters. The van der Waals surface area contributed by atoms with Crippen LogP contribution in [0.2, 0.25) is 0 Å². The van der Waals surface area contributed by atoms with Gasteiger partial charge in [0.2, 0.25) is 0 Å². The van der Waals surface area contributed by atoms with Gasteiger partial charge in [-0.25, -0.2) is 0 Å². The van der Waals surface area contributed by atoms with Crippen LogP contribution in [0.25, 0.3) is 0 Å². The van der Waals surface area contributed by atoms with E-state index in [2.05, 4.69) is 19.8 Å². The smallest absolute Gasteiger partial charge is 0.125 e. The van der Waals surface area contributed by atoms with E-state index in [0.717, 1.165) is 37.0 Å². The van der Waals surface area contributed by atoms with E-state index < -0.39 is 5.60 Å². The second kappa shape index (κ2) is 5.49. The van der Waals surface area contributed by atoms with Gasteiger partial charge in [-0.2, -0.15) is 0 Å². The minimum Gasteiger partial charge on any atom is -0.381 e. The monoisotopic (exact) mass is 330 g/mol. The van der Waals surface area contributed by atoms with E-state index in [0.29, 0.717) is 22.9 Å². The van der Waals surface area contributed by atoms with Gasteiger partial charge in [0.25, 0.3) is 0 Å². The van der Waals surface area contributed by atoms with E-state index in [-0.39, 0.29) is 0 Å². The molecule has 0 aromatic heterocycles. The minimum atomic E-state index is -0.839. The average Bonchev–Trinajstić information content (AvgIpc) is 2.92. The van der Waals surface area contributed by atoms with Crippen LogP contribution in [0, 0.1) is 46.8 Å². The lowest BCUT2D eigenvalue weighted by Crippen LogP contribution is -2.56. The summed E-state index contributed by atoms with van der Waals surface area (Å²) < 4.78 is 5.88. The zero-order chi connectivity index (χ0) is 17.2. The maximum Gasteiger partial charge on any atom is 0.125 e. The van der Waals surface area contributed by atoms with E-state index in [9.17, 15) is 5.11 Å². The van der Waals surface area contributed by atoms with Crippen molar-refractivity contribution in [2.24, 2.45) is 34.5 Å². The molecular weight excluding hydrogens is 296 g/mol. The van der Waals surface area contributed by atoms with Gasteiger partial charge < -0.3 is 9.84 Å². The summed E-state index contributed by atoms with van der Waals surface area (Å²) in [5.74, 6) is 5.84. The first-order valence-electron chi connectivity index (χ1n) is 10.1. The zero-order valence-corrected chi connectivity index (χ0v) is 15.7. The Kier molecular flexibility index (Phi) is 3.87. The van der Waals surface area contributed by atoms with Gasteiger partial charge >= 0.3 is 0 Å². The van der Waals surface area contributed by atoms with Crippen molar-refractivity contribution >= 4 is 0 Å². The number of rotatable bonds is 1. The number of methoxy groups -OCH3 is 1. The Morgan fingerprint density at radius 3 is 2.42 bits per heavy atom. The Morgan fingerprint density at radius 1 is 0.958 bits per heavy atom. The Labute approximate surface area is 147 Å². The van der Waals surface area contributed by atoms with Crippen molar-refractivity contribution in [3.05, 3.63) is 0 Å². The molecule has 24 heavy (non-hydrogen) atoms. The first kappa shape index (κ1) is 16.9. The van der Waals surface area contributed by atoms with Crippen LogP contribution in [-0.2, 0) is 4.74 Å². The van der Waals surface area contributed by atoms with E-state index in [1.54, 1.807) is 0 Å². The maximum absolute atomic E-state index is 10.6. The van der Waals surface area contributed by atoms with Crippen LogP contribution in [-0.4, -0.2) is 23.9 Å². The molecule has 0 saturated heterocycles. The highest BCUT2D eigenvalue weighted by Gasteiger charge is 2.61. The van der Waals surface area contributed by atoms with Gasteiger partial charge in [0.1, 0.15) is 5.60 Å². The summed E-state index contributed by atoms with van der Waals surface area (Å²) in [4.78, 5) is 0. The molecule has 2 nitrogen and oxygen atoms in total. The van der Waals surface area contributed by atoms with Crippen molar-refractivity contribution in [2.75, 3.05) is 7.11 Å². The van der Waals surface area contributed by atoms with E-state index >= 15 is 0 Å². The Balaban J connectivity index is 1.60. The standard InChI is InChI=1S/C22H34O2/c1-5-22(23)13-12-20(2)15(14-22)6-7-16-17-8-9-19(24-4)21(17,3)11-10-18(16)20/h1,15-19,23H,6-14H2,2-4H3/t15-,16+,17+,18+,19+,20+,21+,22-/m1/s1. The van der Waals surface area contributed by atoms with Gasteiger partial charge in [0.15, 0.2) is 0 Å². The number of hydrogen-bond acceptors (Lipinski definition) is 2. The molecule has 2 heteroatoms. The minimum absolute atomic E-state index is 0.387. The number of aliphatic hydroxyl groups is 1. The van der Waals surface area contributed by atoms with Gasteiger partial charge in [-0.3, -0.25) is 0 Å². The third-order valence-electron chi connectivity index (χ3n) is 9.19. The predicted octanol–water partition coefficient (Wildman–Crippen LogP) is 4.41. The van der Waals surface area contributed by atoms with Crippen LogP contribution in [0.5, 0.6) is 0 Å². The number of terminal acetylenes is 1. The topological polar surface area (TPSA) is 29.5 Å². The molecule has 0 aliphatic heterocycles. The highest BCUT2D eigenvalue weighted by molar-refractivity contribution is 5.16. The maximum atomic E-state index is 10.6. The van der Waals surface area contributed by atoms with Crippen molar-refractivity contribution in [3.8, 4) is 12.3 Å². The molecule has 4 aliphatic carbocycles. The first-order valence-corrected chi connectivity index (χ1v) is 10.1. The fourth-order valence-electron chi connectivity index (χ4n) is 7.72. The second-order valence-electron chi connectivity index (χ2n) is 9.88. The lowest BCUT2D eigenvalue weighted by atomic mass is 9.44. The van der Waals surface area contributed by atoms with Gasteiger partial charge in [-0.15, -0.1) is 6.42 Å². The molecule has 4 rings (SSSR count). The summed E-state index contributed by atoms with van der Waals surface area (Å²) in [6, 6.07) is 0. The normalized spacial score (nSPS) is 56.7. The molecule has 0 spiro atoms. The molecule has 4 fully saturated rings. The molecule has 0 aromatic rings. The van der Waals surface area contributed by atoms with Crippen LogP contribution in [0.15, 0.2) is 0 Å². The van der Waals surface area contributed by atoms with Crippen molar-refractivity contribution in [3.63, 3.8) is 0 Å². The molecular formula is C22H34O2. The second-order valence-corrected chi connectivity index (χ2v) is 9.88. The molecule has 0 bridgehead atoms. The summed E-state index contributed by atoms with van der Waals surface area (Å²) in [6.07, 6.45) is 16.7. The SMILES string of the molecule is C#C[C@@]1(O)CC[C@@]2(C)[C@H](CC[C@@H]3[C@@H]2CC[C@]2(C)[C@@H](OC)CC[C@@H]32)C1. The lowest BCUT2D eigenvalue weighted by molar-refractivity contribution is -0.146. The van der Waals surface area contributed by atoms with Crippen LogP contribution in [0.3, 0.4) is 0 Å². The Hall–Kier alpha value is -0.520.